The summed E-state index contributed by atoms with van der Waals surface area (Å²) in [4.78, 5) is 12.0. The normalized spacial score (nSPS) is 17.8. The Balaban J connectivity index is 2.08. The Kier molecular flexibility index (Phi) is 4.57. The summed E-state index contributed by atoms with van der Waals surface area (Å²) in [6, 6.07) is 1.71. The number of benzene rings is 1. The fourth-order valence-corrected chi connectivity index (χ4v) is 2.81. The van der Waals surface area contributed by atoms with E-state index >= 15 is 0 Å². The minimum Gasteiger partial charge on any atom is -0.396 e. The molecule has 0 aromatic heterocycles. The molecule has 1 fully saturated rings. The molecule has 1 aliphatic carbocycles. The summed E-state index contributed by atoms with van der Waals surface area (Å²) < 4.78 is 27.0. The monoisotopic (exact) mass is 282 g/mol. The van der Waals surface area contributed by atoms with Crippen molar-refractivity contribution in [2.24, 2.45) is 5.92 Å². The fraction of sp³-hybridized carbons (Fsp3) is 0.533. The van der Waals surface area contributed by atoms with E-state index in [0.29, 0.717) is 5.92 Å². The first-order valence-electron chi connectivity index (χ1n) is 7.04. The molecular weight excluding hydrogens is 262 g/mol. The van der Waals surface area contributed by atoms with E-state index in [1.54, 1.807) is 0 Å². The number of amides is 1. The van der Waals surface area contributed by atoms with Gasteiger partial charge in [-0.25, -0.2) is 8.78 Å². The Morgan fingerprint density at radius 3 is 2.60 bits per heavy atom. The molecule has 1 aromatic rings. The van der Waals surface area contributed by atoms with Crippen molar-refractivity contribution >= 4 is 11.6 Å². The number of nitrogens with one attached hydrogen (secondary N) is 1. The minimum atomic E-state index is -0.861. The van der Waals surface area contributed by atoms with Crippen molar-refractivity contribution < 1.29 is 13.6 Å². The molecule has 0 aliphatic heterocycles. The minimum absolute atomic E-state index is 0.0494. The second-order valence-electron chi connectivity index (χ2n) is 5.52. The van der Waals surface area contributed by atoms with Crippen LogP contribution in [0.15, 0.2) is 12.1 Å². The van der Waals surface area contributed by atoms with Crippen LogP contribution in [-0.2, 0) is 0 Å². The molecule has 2 rings (SSSR count). The van der Waals surface area contributed by atoms with Crippen molar-refractivity contribution in [2.75, 3.05) is 5.73 Å². The smallest absolute Gasteiger partial charge is 0.254 e. The first-order chi connectivity index (χ1) is 9.49. The molecule has 1 atom stereocenters. The fourth-order valence-electron chi connectivity index (χ4n) is 2.81. The molecule has 3 N–H and O–H groups in total. The van der Waals surface area contributed by atoms with Crippen LogP contribution in [0, 0.1) is 17.6 Å². The van der Waals surface area contributed by atoms with Gasteiger partial charge in [-0.3, -0.25) is 4.79 Å². The molecular formula is C15H20F2N2O. The molecule has 0 radical (unpaired) electrons. The van der Waals surface area contributed by atoms with E-state index in [2.05, 4.69) is 5.32 Å². The molecule has 1 unspecified atom stereocenters. The van der Waals surface area contributed by atoms with E-state index in [1.807, 2.05) is 6.92 Å². The van der Waals surface area contributed by atoms with Gasteiger partial charge in [-0.05, 0) is 37.8 Å². The molecule has 1 aliphatic rings. The highest BCUT2D eigenvalue weighted by molar-refractivity contribution is 5.95. The summed E-state index contributed by atoms with van der Waals surface area (Å²) in [5.74, 6) is -1.77. The average Bonchev–Trinajstić information content (AvgIpc) is 2.43. The highest BCUT2D eigenvalue weighted by atomic mass is 19.1. The Morgan fingerprint density at radius 2 is 1.95 bits per heavy atom. The molecule has 0 bridgehead atoms. The largest absolute Gasteiger partial charge is 0.396 e. The van der Waals surface area contributed by atoms with Crippen LogP contribution < -0.4 is 11.1 Å². The third kappa shape index (κ3) is 3.26. The van der Waals surface area contributed by atoms with Crippen molar-refractivity contribution in [3.63, 3.8) is 0 Å². The predicted octanol–water partition coefficient (Wildman–Crippen LogP) is 3.25. The zero-order chi connectivity index (χ0) is 14.7. The lowest BCUT2D eigenvalue weighted by Gasteiger charge is -2.28. The van der Waals surface area contributed by atoms with Crippen molar-refractivity contribution in [1.29, 1.82) is 0 Å². The standard InChI is InChI=1S/C15H20F2N2O/c1-9(10-5-3-2-4-6-10)19-15(20)12-7-11(16)8-13(18)14(12)17/h7-10H,2-6,18H2,1H3,(H,19,20). The Morgan fingerprint density at radius 1 is 1.30 bits per heavy atom. The summed E-state index contributed by atoms with van der Waals surface area (Å²) in [5, 5.41) is 2.76. The van der Waals surface area contributed by atoms with Gasteiger partial charge >= 0.3 is 0 Å². The van der Waals surface area contributed by atoms with E-state index in [0.717, 1.165) is 37.8 Å². The maximum absolute atomic E-state index is 13.8. The molecule has 110 valence electrons. The number of nitrogens with two attached hydrogens (primary N) is 1. The molecule has 0 spiro atoms. The van der Waals surface area contributed by atoms with Crippen LogP contribution in [0.25, 0.3) is 0 Å². The van der Waals surface area contributed by atoms with Crippen LogP contribution in [0.1, 0.15) is 49.4 Å². The van der Waals surface area contributed by atoms with Gasteiger partial charge in [0.05, 0.1) is 11.3 Å². The van der Waals surface area contributed by atoms with Crippen molar-refractivity contribution in [1.82, 2.24) is 5.32 Å². The molecule has 1 aromatic carbocycles. The first kappa shape index (κ1) is 14.8. The van der Waals surface area contributed by atoms with Crippen LogP contribution in [0.4, 0.5) is 14.5 Å². The van der Waals surface area contributed by atoms with E-state index in [4.69, 9.17) is 5.73 Å². The number of anilines is 1. The summed E-state index contributed by atoms with van der Waals surface area (Å²) in [5.41, 5.74) is 4.66. The van der Waals surface area contributed by atoms with E-state index < -0.39 is 17.5 Å². The lowest BCUT2D eigenvalue weighted by molar-refractivity contribution is 0.0915. The molecule has 1 saturated carbocycles. The maximum atomic E-state index is 13.8. The third-order valence-electron chi connectivity index (χ3n) is 4.03. The zero-order valence-electron chi connectivity index (χ0n) is 11.6. The second kappa shape index (κ2) is 6.20. The van der Waals surface area contributed by atoms with Gasteiger partial charge in [0.1, 0.15) is 5.82 Å². The van der Waals surface area contributed by atoms with Crippen LogP contribution >= 0.6 is 0 Å². The lowest BCUT2D eigenvalue weighted by Crippen LogP contribution is -2.39. The van der Waals surface area contributed by atoms with Gasteiger partial charge < -0.3 is 11.1 Å². The van der Waals surface area contributed by atoms with Gasteiger partial charge in [-0.1, -0.05) is 19.3 Å². The number of nitrogen functional groups attached to an aromatic ring is 1. The maximum Gasteiger partial charge on any atom is 0.254 e. The van der Waals surface area contributed by atoms with Crippen LogP contribution in [0.2, 0.25) is 0 Å². The van der Waals surface area contributed by atoms with Gasteiger partial charge in [-0.2, -0.15) is 0 Å². The topological polar surface area (TPSA) is 55.1 Å². The molecule has 1 amide bonds. The summed E-state index contributed by atoms with van der Waals surface area (Å²) in [6.45, 7) is 1.91. The summed E-state index contributed by atoms with van der Waals surface area (Å²) in [7, 11) is 0. The predicted molar refractivity (Wildman–Crippen MR) is 74.3 cm³/mol. The number of hydrogen-bond donors (Lipinski definition) is 2. The van der Waals surface area contributed by atoms with E-state index in [9.17, 15) is 13.6 Å². The first-order valence-corrected chi connectivity index (χ1v) is 7.04. The van der Waals surface area contributed by atoms with Crippen LogP contribution in [0.3, 0.4) is 0 Å². The van der Waals surface area contributed by atoms with Gasteiger partial charge in [0.2, 0.25) is 0 Å². The molecule has 0 saturated heterocycles. The van der Waals surface area contributed by atoms with Crippen LogP contribution in [-0.4, -0.2) is 11.9 Å². The number of carbonyl (C=O) groups is 1. The third-order valence-corrected chi connectivity index (χ3v) is 4.03. The summed E-state index contributed by atoms with van der Waals surface area (Å²) >= 11 is 0. The number of halogens is 2. The molecule has 20 heavy (non-hydrogen) atoms. The number of carbonyl (C=O) groups excluding carboxylic acids is 1. The zero-order valence-corrected chi connectivity index (χ0v) is 11.6. The molecule has 3 nitrogen and oxygen atoms in total. The average molecular weight is 282 g/mol. The number of hydrogen-bond acceptors (Lipinski definition) is 2. The summed E-state index contributed by atoms with van der Waals surface area (Å²) in [6.07, 6.45) is 5.68. The van der Waals surface area contributed by atoms with Crippen LogP contribution in [0.5, 0.6) is 0 Å². The Bertz CT molecular complexity index is 499. The highest BCUT2D eigenvalue weighted by Gasteiger charge is 2.23. The molecule has 0 heterocycles. The van der Waals surface area contributed by atoms with Gasteiger partial charge in [0, 0.05) is 6.04 Å². The Labute approximate surface area is 117 Å². The van der Waals surface area contributed by atoms with Crippen molar-refractivity contribution in [3.8, 4) is 0 Å². The van der Waals surface area contributed by atoms with Gasteiger partial charge in [0.25, 0.3) is 5.91 Å². The molecule has 5 heteroatoms. The van der Waals surface area contributed by atoms with Gasteiger partial charge in [0.15, 0.2) is 5.82 Å². The second-order valence-corrected chi connectivity index (χ2v) is 5.52. The van der Waals surface area contributed by atoms with Crippen molar-refractivity contribution in [3.05, 3.63) is 29.3 Å². The Hall–Kier alpha value is -1.65. The van der Waals surface area contributed by atoms with E-state index in [-0.39, 0.29) is 17.3 Å². The van der Waals surface area contributed by atoms with Gasteiger partial charge in [-0.15, -0.1) is 0 Å². The van der Waals surface area contributed by atoms with E-state index in [1.165, 1.54) is 6.42 Å². The lowest BCUT2D eigenvalue weighted by atomic mass is 9.84. The SMILES string of the molecule is CC(NC(=O)c1cc(F)cc(N)c1F)C1CCCCC1. The highest BCUT2D eigenvalue weighted by Crippen LogP contribution is 2.26. The quantitative estimate of drug-likeness (QED) is 0.836. The number of rotatable bonds is 3. The van der Waals surface area contributed by atoms with Crippen molar-refractivity contribution in [2.45, 2.75) is 45.1 Å².